The van der Waals surface area contributed by atoms with Crippen molar-refractivity contribution >= 4 is 21.7 Å². The molecule has 7 heteroatoms. The molecule has 0 fully saturated rings. The first kappa shape index (κ1) is 22.9. The minimum absolute atomic E-state index is 0.139. The molecule has 0 aliphatic carbocycles. The van der Waals surface area contributed by atoms with Crippen LogP contribution in [0.25, 0.3) is 44.3 Å². The van der Waals surface area contributed by atoms with Crippen LogP contribution in [0.15, 0.2) is 79.0 Å². The van der Waals surface area contributed by atoms with E-state index in [-0.39, 0.29) is 5.41 Å². The fraction of sp³-hybridized carbons (Fsp3) is 0.200. The van der Waals surface area contributed by atoms with Crippen LogP contribution in [0.1, 0.15) is 32.3 Å². The highest BCUT2D eigenvalue weighted by atomic mass is 16.5. The van der Waals surface area contributed by atoms with Crippen molar-refractivity contribution in [2.75, 3.05) is 0 Å². The highest BCUT2D eigenvalue weighted by Crippen LogP contribution is 2.32. The first-order valence-corrected chi connectivity index (χ1v) is 12.4. The minimum Gasteiger partial charge on any atom is -0.487 e. The molecule has 2 N–H and O–H groups in total. The van der Waals surface area contributed by atoms with E-state index >= 15 is 0 Å². The van der Waals surface area contributed by atoms with Gasteiger partial charge in [-0.3, -0.25) is 15.2 Å². The van der Waals surface area contributed by atoms with Crippen LogP contribution in [0.4, 0.5) is 0 Å². The summed E-state index contributed by atoms with van der Waals surface area (Å²) in [6.45, 7) is 7.02. The zero-order chi connectivity index (χ0) is 25.4. The molecule has 3 heterocycles. The lowest BCUT2D eigenvalue weighted by atomic mass is 9.92. The van der Waals surface area contributed by atoms with Crippen LogP contribution in [0, 0.1) is 5.41 Å². The average Bonchev–Trinajstić information content (AvgIpc) is 3.53. The molecule has 0 radical (unpaired) electrons. The standard InChI is InChI=1S/C30H28N6O/c1-30(2,3)17-27-32-29(36-34-27)22-10-12-26-25(16-22)28(35-33-26)21-8-7-20-15-24(11-9-19(20)14-21)37-18-23-6-4-5-13-31-23/h4-16H,17-18H2,1-3H3,(H,33,35)(H,32,34,36). The molecule has 0 bridgehead atoms. The molecule has 0 atom stereocenters. The zero-order valence-electron chi connectivity index (χ0n) is 21.1. The van der Waals surface area contributed by atoms with Gasteiger partial charge in [0, 0.05) is 29.1 Å². The lowest BCUT2D eigenvalue weighted by Gasteiger charge is -2.15. The molecule has 0 saturated heterocycles. The Morgan fingerprint density at radius 1 is 0.811 bits per heavy atom. The van der Waals surface area contributed by atoms with E-state index in [1.807, 2.05) is 36.4 Å². The van der Waals surface area contributed by atoms with Crippen LogP contribution >= 0.6 is 0 Å². The van der Waals surface area contributed by atoms with Crippen molar-refractivity contribution in [3.05, 3.63) is 90.5 Å². The van der Waals surface area contributed by atoms with Gasteiger partial charge < -0.3 is 4.74 Å². The van der Waals surface area contributed by atoms with Crippen molar-refractivity contribution in [1.29, 1.82) is 0 Å². The number of rotatable bonds is 6. The predicted molar refractivity (Wildman–Crippen MR) is 146 cm³/mol. The number of H-pyrrole nitrogens is 2. The van der Waals surface area contributed by atoms with E-state index in [0.717, 1.165) is 62.2 Å². The van der Waals surface area contributed by atoms with Crippen LogP contribution in [-0.2, 0) is 13.0 Å². The fourth-order valence-corrected chi connectivity index (χ4v) is 4.48. The number of ether oxygens (including phenoxy) is 1. The Morgan fingerprint density at radius 2 is 1.65 bits per heavy atom. The maximum Gasteiger partial charge on any atom is 0.181 e. The molecule has 6 rings (SSSR count). The molecule has 0 unspecified atom stereocenters. The normalized spacial score (nSPS) is 11.9. The first-order valence-electron chi connectivity index (χ1n) is 12.4. The van der Waals surface area contributed by atoms with Crippen LogP contribution in [0.5, 0.6) is 5.75 Å². The summed E-state index contributed by atoms with van der Waals surface area (Å²) in [5.74, 6) is 2.41. The highest BCUT2D eigenvalue weighted by Gasteiger charge is 2.16. The molecule has 0 amide bonds. The number of hydrogen-bond donors (Lipinski definition) is 2. The van der Waals surface area contributed by atoms with Crippen molar-refractivity contribution in [2.24, 2.45) is 5.41 Å². The predicted octanol–water partition coefficient (Wildman–Crippen LogP) is 6.73. The molecule has 37 heavy (non-hydrogen) atoms. The molecule has 6 aromatic rings. The second-order valence-electron chi connectivity index (χ2n) is 10.5. The third-order valence-corrected chi connectivity index (χ3v) is 6.25. The molecule has 184 valence electrons. The van der Waals surface area contributed by atoms with Crippen molar-refractivity contribution < 1.29 is 4.74 Å². The Balaban J connectivity index is 1.28. The third-order valence-electron chi connectivity index (χ3n) is 6.25. The second-order valence-corrected chi connectivity index (χ2v) is 10.5. The van der Waals surface area contributed by atoms with Gasteiger partial charge in [-0.15, -0.1) is 0 Å². The van der Waals surface area contributed by atoms with E-state index in [1.165, 1.54) is 0 Å². The largest absolute Gasteiger partial charge is 0.487 e. The van der Waals surface area contributed by atoms with E-state index in [2.05, 4.69) is 82.5 Å². The topological polar surface area (TPSA) is 92.4 Å². The van der Waals surface area contributed by atoms with Crippen molar-refractivity contribution in [3.63, 3.8) is 0 Å². The van der Waals surface area contributed by atoms with Gasteiger partial charge in [0.1, 0.15) is 18.2 Å². The van der Waals surface area contributed by atoms with Gasteiger partial charge in [-0.2, -0.15) is 10.2 Å². The van der Waals surface area contributed by atoms with Gasteiger partial charge in [-0.25, -0.2) is 4.98 Å². The number of aromatic amines is 2. The van der Waals surface area contributed by atoms with Gasteiger partial charge in [0.05, 0.1) is 16.9 Å². The second kappa shape index (κ2) is 9.17. The number of nitrogens with zero attached hydrogens (tertiary/aromatic N) is 4. The molecule has 0 spiro atoms. The van der Waals surface area contributed by atoms with Crippen LogP contribution < -0.4 is 4.74 Å². The Morgan fingerprint density at radius 3 is 2.49 bits per heavy atom. The highest BCUT2D eigenvalue weighted by molar-refractivity contribution is 5.97. The molecular formula is C30H28N6O. The maximum absolute atomic E-state index is 5.95. The van der Waals surface area contributed by atoms with Gasteiger partial charge in [0.2, 0.25) is 0 Å². The summed E-state index contributed by atoms with van der Waals surface area (Å²) in [5, 5.41) is 18.6. The first-order chi connectivity index (χ1) is 17.9. The number of benzene rings is 3. The van der Waals surface area contributed by atoms with Crippen LogP contribution in [0.3, 0.4) is 0 Å². The van der Waals surface area contributed by atoms with E-state index in [1.54, 1.807) is 6.20 Å². The molecule has 3 aromatic carbocycles. The van der Waals surface area contributed by atoms with Crippen LogP contribution in [0.2, 0.25) is 0 Å². The molecule has 3 aromatic heterocycles. The molecule has 7 nitrogen and oxygen atoms in total. The Hall–Kier alpha value is -4.52. The summed E-state index contributed by atoms with van der Waals surface area (Å²) in [5.41, 5.74) is 4.92. The molecule has 0 saturated carbocycles. The lowest BCUT2D eigenvalue weighted by molar-refractivity contribution is 0.302. The van der Waals surface area contributed by atoms with Gasteiger partial charge in [0.25, 0.3) is 0 Å². The fourth-order valence-electron chi connectivity index (χ4n) is 4.48. The smallest absolute Gasteiger partial charge is 0.181 e. The summed E-state index contributed by atoms with van der Waals surface area (Å²) >= 11 is 0. The summed E-state index contributed by atoms with van der Waals surface area (Å²) < 4.78 is 5.95. The summed E-state index contributed by atoms with van der Waals surface area (Å²) in [7, 11) is 0. The summed E-state index contributed by atoms with van der Waals surface area (Å²) in [4.78, 5) is 9.05. The summed E-state index contributed by atoms with van der Waals surface area (Å²) in [6.07, 6.45) is 2.62. The van der Waals surface area contributed by atoms with Crippen molar-refractivity contribution in [1.82, 2.24) is 30.4 Å². The number of fused-ring (bicyclic) bond motifs is 2. The Bertz CT molecular complexity index is 1690. The third kappa shape index (κ3) is 4.93. The van der Waals surface area contributed by atoms with Gasteiger partial charge in [-0.1, -0.05) is 45.0 Å². The Kier molecular flexibility index (Phi) is 5.68. The van der Waals surface area contributed by atoms with E-state index < -0.39 is 0 Å². The summed E-state index contributed by atoms with van der Waals surface area (Å²) in [6, 6.07) is 24.5. The minimum atomic E-state index is 0.139. The number of aromatic nitrogens is 6. The van der Waals surface area contributed by atoms with Crippen molar-refractivity contribution in [2.45, 2.75) is 33.8 Å². The van der Waals surface area contributed by atoms with Gasteiger partial charge in [0.15, 0.2) is 5.82 Å². The van der Waals surface area contributed by atoms with E-state index in [9.17, 15) is 0 Å². The Labute approximate surface area is 215 Å². The van der Waals surface area contributed by atoms with E-state index in [0.29, 0.717) is 12.4 Å². The quantitative estimate of drug-likeness (QED) is 0.271. The number of nitrogens with one attached hydrogen (secondary N) is 2. The number of pyridine rings is 1. The maximum atomic E-state index is 5.95. The SMILES string of the molecule is CC(C)(C)Cc1nc(-c2ccc3[nH]nc(-c4ccc5cc(OCc6ccccn6)ccc5c4)c3c2)n[nH]1. The molecule has 0 aliphatic heterocycles. The zero-order valence-corrected chi connectivity index (χ0v) is 21.1. The molecular weight excluding hydrogens is 460 g/mol. The lowest BCUT2D eigenvalue weighted by Crippen LogP contribution is -2.10. The van der Waals surface area contributed by atoms with Gasteiger partial charge in [-0.05, 0) is 64.7 Å². The number of hydrogen-bond acceptors (Lipinski definition) is 5. The van der Waals surface area contributed by atoms with E-state index in [4.69, 9.17) is 9.72 Å². The monoisotopic (exact) mass is 488 g/mol. The molecule has 0 aliphatic rings. The van der Waals surface area contributed by atoms with Crippen molar-refractivity contribution in [3.8, 4) is 28.4 Å². The van der Waals surface area contributed by atoms with Gasteiger partial charge >= 0.3 is 0 Å². The van der Waals surface area contributed by atoms with Crippen LogP contribution in [-0.4, -0.2) is 30.4 Å². The average molecular weight is 489 g/mol.